The molecule has 24 heavy (non-hydrogen) atoms. The average molecular weight is 355 g/mol. The van der Waals surface area contributed by atoms with Gasteiger partial charge in [-0.1, -0.05) is 11.6 Å². The van der Waals surface area contributed by atoms with Crippen molar-refractivity contribution in [2.24, 2.45) is 5.92 Å². The number of amides is 2. The molecule has 0 spiro atoms. The van der Waals surface area contributed by atoms with Crippen molar-refractivity contribution in [1.29, 1.82) is 0 Å². The molecule has 0 bridgehead atoms. The van der Waals surface area contributed by atoms with Gasteiger partial charge in [0.2, 0.25) is 11.8 Å². The number of carbonyl (C=O) groups is 3. The minimum atomic E-state index is -0.532. The van der Waals surface area contributed by atoms with Crippen molar-refractivity contribution in [2.45, 2.75) is 12.8 Å². The van der Waals surface area contributed by atoms with Crippen LogP contribution in [0.3, 0.4) is 0 Å². The Morgan fingerprint density at radius 2 is 2.00 bits per heavy atom. The van der Waals surface area contributed by atoms with E-state index in [2.05, 4.69) is 15.4 Å². The maximum atomic E-state index is 12.0. The highest BCUT2D eigenvalue weighted by atomic mass is 35.5. The van der Waals surface area contributed by atoms with Gasteiger partial charge < -0.3 is 20.1 Å². The smallest absolute Gasteiger partial charge is 0.337 e. The van der Waals surface area contributed by atoms with E-state index in [4.69, 9.17) is 16.3 Å². The van der Waals surface area contributed by atoms with Gasteiger partial charge in [0.25, 0.3) is 0 Å². The van der Waals surface area contributed by atoms with Gasteiger partial charge in [-0.15, -0.1) is 0 Å². The molecule has 0 unspecified atom stereocenters. The molecule has 1 aliphatic rings. The summed E-state index contributed by atoms with van der Waals surface area (Å²) in [4.78, 5) is 35.5. The second-order valence-corrected chi connectivity index (χ2v) is 5.75. The second-order valence-electron chi connectivity index (χ2n) is 5.34. The topological polar surface area (TPSA) is 93.7 Å². The molecule has 1 fully saturated rings. The molecule has 2 amide bonds. The molecule has 0 radical (unpaired) electrons. The van der Waals surface area contributed by atoms with E-state index < -0.39 is 11.9 Å². The molecule has 8 heteroatoms. The minimum Gasteiger partial charge on any atom is -0.465 e. The van der Waals surface area contributed by atoms with Gasteiger partial charge in [-0.3, -0.25) is 9.59 Å². The summed E-state index contributed by atoms with van der Waals surface area (Å²) in [5.74, 6) is -1.25. The van der Waals surface area contributed by atoms with Crippen LogP contribution in [0, 0.1) is 5.92 Å². The maximum Gasteiger partial charge on any atom is 0.337 e. The zero-order valence-corrected chi connectivity index (χ0v) is 14.0. The van der Waals surface area contributed by atoms with Crippen molar-refractivity contribution < 1.29 is 23.9 Å². The number of carbonyl (C=O) groups excluding carboxylic acids is 3. The third-order valence-corrected chi connectivity index (χ3v) is 4.01. The molecule has 0 atom stereocenters. The molecule has 130 valence electrons. The van der Waals surface area contributed by atoms with Gasteiger partial charge in [0.1, 0.15) is 0 Å². The first-order chi connectivity index (χ1) is 11.5. The molecule has 1 heterocycles. The minimum absolute atomic E-state index is 0.127. The summed E-state index contributed by atoms with van der Waals surface area (Å²) in [6.45, 7) is 0.940. The number of hydrogen-bond acceptors (Lipinski definition) is 5. The molecule has 1 aliphatic heterocycles. The standard InChI is InChI=1S/C16H19ClN2O5/c1-23-16(22)11-2-3-12(17)13(8-11)19-14(20)9-18-15(21)10-4-6-24-7-5-10/h2-3,8,10H,4-7,9H2,1H3,(H,18,21)(H,19,20). The third-order valence-electron chi connectivity index (χ3n) is 3.68. The first-order valence-corrected chi connectivity index (χ1v) is 7.92. The highest BCUT2D eigenvalue weighted by molar-refractivity contribution is 6.33. The van der Waals surface area contributed by atoms with Crippen LogP contribution in [0.25, 0.3) is 0 Å². The normalized spacial score (nSPS) is 14.8. The Labute approximate surface area is 144 Å². The van der Waals surface area contributed by atoms with Gasteiger partial charge in [0, 0.05) is 19.1 Å². The summed E-state index contributed by atoms with van der Waals surface area (Å²) < 4.78 is 9.82. The van der Waals surface area contributed by atoms with Crippen LogP contribution in [0.2, 0.25) is 5.02 Å². The quantitative estimate of drug-likeness (QED) is 0.783. The summed E-state index contributed by atoms with van der Waals surface area (Å²) >= 11 is 6.00. The highest BCUT2D eigenvalue weighted by Crippen LogP contribution is 2.23. The zero-order chi connectivity index (χ0) is 17.5. The predicted octanol–water partition coefficient (Wildman–Crippen LogP) is 1.61. The number of nitrogens with one attached hydrogen (secondary N) is 2. The Balaban J connectivity index is 1.89. The maximum absolute atomic E-state index is 12.0. The van der Waals surface area contributed by atoms with Crippen LogP contribution in [-0.2, 0) is 19.1 Å². The van der Waals surface area contributed by atoms with Crippen LogP contribution < -0.4 is 10.6 Å². The van der Waals surface area contributed by atoms with Crippen LogP contribution in [0.1, 0.15) is 23.2 Å². The summed E-state index contributed by atoms with van der Waals surface area (Å²) in [6, 6.07) is 4.41. The number of methoxy groups -OCH3 is 1. The number of benzene rings is 1. The lowest BCUT2D eigenvalue weighted by Crippen LogP contribution is -2.38. The zero-order valence-electron chi connectivity index (χ0n) is 13.3. The molecule has 1 aromatic rings. The van der Waals surface area contributed by atoms with E-state index >= 15 is 0 Å². The van der Waals surface area contributed by atoms with Crippen molar-refractivity contribution in [2.75, 3.05) is 32.2 Å². The predicted molar refractivity (Wildman–Crippen MR) is 88.0 cm³/mol. The van der Waals surface area contributed by atoms with Crippen molar-refractivity contribution in [3.8, 4) is 0 Å². The van der Waals surface area contributed by atoms with Crippen LogP contribution >= 0.6 is 11.6 Å². The van der Waals surface area contributed by atoms with E-state index in [1.54, 1.807) is 0 Å². The molecule has 0 aromatic heterocycles. The van der Waals surface area contributed by atoms with Gasteiger partial charge in [0.05, 0.1) is 29.9 Å². The van der Waals surface area contributed by atoms with Crippen LogP contribution in [0.5, 0.6) is 0 Å². The number of ether oxygens (including phenoxy) is 2. The van der Waals surface area contributed by atoms with Gasteiger partial charge in [-0.05, 0) is 31.0 Å². The molecule has 2 rings (SSSR count). The van der Waals surface area contributed by atoms with Gasteiger partial charge in [-0.2, -0.15) is 0 Å². The lowest BCUT2D eigenvalue weighted by Gasteiger charge is -2.21. The van der Waals surface area contributed by atoms with Gasteiger partial charge in [0.15, 0.2) is 0 Å². The van der Waals surface area contributed by atoms with Crippen molar-refractivity contribution in [3.63, 3.8) is 0 Å². The monoisotopic (exact) mass is 354 g/mol. The van der Waals surface area contributed by atoms with Crippen LogP contribution in [-0.4, -0.2) is 44.7 Å². The lowest BCUT2D eigenvalue weighted by atomic mass is 9.99. The number of rotatable bonds is 5. The fourth-order valence-electron chi connectivity index (χ4n) is 2.33. The van der Waals surface area contributed by atoms with Crippen molar-refractivity contribution in [3.05, 3.63) is 28.8 Å². The number of anilines is 1. The Morgan fingerprint density at radius 3 is 2.67 bits per heavy atom. The highest BCUT2D eigenvalue weighted by Gasteiger charge is 2.21. The fraction of sp³-hybridized carbons (Fsp3) is 0.438. The van der Waals surface area contributed by atoms with E-state index in [1.807, 2.05) is 0 Å². The molecular weight excluding hydrogens is 336 g/mol. The number of hydrogen-bond donors (Lipinski definition) is 2. The largest absolute Gasteiger partial charge is 0.465 e. The summed E-state index contributed by atoms with van der Waals surface area (Å²) in [7, 11) is 1.26. The molecule has 1 aromatic carbocycles. The fourth-order valence-corrected chi connectivity index (χ4v) is 2.50. The van der Waals surface area contributed by atoms with Gasteiger partial charge in [-0.25, -0.2) is 4.79 Å². The number of halogens is 1. The van der Waals surface area contributed by atoms with Crippen molar-refractivity contribution >= 4 is 35.1 Å². The Hall–Kier alpha value is -2.12. The first kappa shape index (κ1) is 18.2. The van der Waals surface area contributed by atoms with Crippen LogP contribution in [0.4, 0.5) is 5.69 Å². The molecule has 1 saturated heterocycles. The Morgan fingerprint density at radius 1 is 1.29 bits per heavy atom. The van der Waals surface area contributed by atoms with Crippen LogP contribution in [0.15, 0.2) is 18.2 Å². The molecule has 7 nitrogen and oxygen atoms in total. The lowest BCUT2D eigenvalue weighted by molar-refractivity contribution is -0.129. The van der Waals surface area contributed by atoms with E-state index in [-0.39, 0.29) is 34.6 Å². The summed E-state index contributed by atoms with van der Waals surface area (Å²) in [5.41, 5.74) is 0.549. The summed E-state index contributed by atoms with van der Waals surface area (Å²) in [5, 5.41) is 5.45. The third kappa shape index (κ3) is 4.94. The first-order valence-electron chi connectivity index (χ1n) is 7.54. The SMILES string of the molecule is COC(=O)c1ccc(Cl)c(NC(=O)CNC(=O)C2CCOCC2)c1. The second kappa shape index (κ2) is 8.65. The molecule has 2 N–H and O–H groups in total. The molecular formula is C16H19ClN2O5. The average Bonchev–Trinajstić information content (AvgIpc) is 2.61. The van der Waals surface area contributed by atoms with E-state index in [0.717, 1.165) is 0 Å². The Kier molecular flexibility index (Phi) is 6.57. The number of esters is 1. The molecule has 0 aliphatic carbocycles. The van der Waals surface area contributed by atoms with E-state index in [0.29, 0.717) is 26.1 Å². The Bertz CT molecular complexity index is 629. The van der Waals surface area contributed by atoms with E-state index in [9.17, 15) is 14.4 Å². The van der Waals surface area contributed by atoms with Crippen molar-refractivity contribution in [1.82, 2.24) is 5.32 Å². The summed E-state index contributed by atoms with van der Waals surface area (Å²) in [6.07, 6.45) is 1.31. The van der Waals surface area contributed by atoms with Gasteiger partial charge >= 0.3 is 5.97 Å². The molecule has 0 saturated carbocycles. The van der Waals surface area contributed by atoms with E-state index in [1.165, 1.54) is 25.3 Å².